The summed E-state index contributed by atoms with van der Waals surface area (Å²) in [5.74, 6) is -0.731. The van der Waals surface area contributed by atoms with Crippen molar-refractivity contribution >= 4 is 17.5 Å². The van der Waals surface area contributed by atoms with Crippen molar-refractivity contribution in [3.8, 4) is 0 Å². The van der Waals surface area contributed by atoms with Crippen molar-refractivity contribution in [1.29, 1.82) is 0 Å². The molecule has 0 radical (unpaired) electrons. The lowest BCUT2D eigenvalue weighted by Crippen LogP contribution is -2.49. The average Bonchev–Trinajstić information content (AvgIpc) is 2.77. The largest absolute Gasteiger partial charge is 0.366 e. The van der Waals surface area contributed by atoms with Crippen molar-refractivity contribution in [3.05, 3.63) is 59.7 Å². The van der Waals surface area contributed by atoms with Crippen molar-refractivity contribution in [2.24, 2.45) is 0 Å². The van der Waals surface area contributed by atoms with Gasteiger partial charge in [0.1, 0.15) is 17.2 Å². The summed E-state index contributed by atoms with van der Waals surface area (Å²) in [6.45, 7) is 4.75. The lowest BCUT2D eigenvalue weighted by molar-refractivity contribution is 0.0740. The Balaban J connectivity index is 1.58. The number of amides is 2. The lowest BCUT2D eigenvalue weighted by Gasteiger charge is -2.36. The number of hydrogen-bond donors (Lipinski definition) is 1. The minimum Gasteiger partial charge on any atom is -0.366 e. The van der Waals surface area contributed by atoms with Crippen molar-refractivity contribution in [1.82, 2.24) is 15.2 Å². The maximum absolute atomic E-state index is 14.0. The van der Waals surface area contributed by atoms with Crippen LogP contribution in [0, 0.1) is 5.82 Å². The van der Waals surface area contributed by atoms with E-state index in [0.29, 0.717) is 38.4 Å². The van der Waals surface area contributed by atoms with Gasteiger partial charge in [-0.15, -0.1) is 0 Å². The number of nitrogens with zero attached hydrogens (tertiary/aromatic N) is 3. The van der Waals surface area contributed by atoms with Crippen LogP contribution in [0.2, 0.25) is 0 Å². The van der Waals surface area contributed by atoms with Gasteiger partial charge in [0, 0.05) is 32.7 Å². The van der Waals surface area contributed by atoms with Crippen LogP contribution in [-0.4, -0.2) is 54.4 Å². The molecule has 1 fully saturated rings. The second-order valence-corrected chi connectivity index (χ2v) is 7.10. The van der Waals surface area contributed by atoms with Gasteiger partial charge in [0.05, 0.1) is 5.69 Å². The van der Waals surface area contributed by atoms with Crippen LogP contribution in [0.3, 0.4) is 0 Å². The second kappa shape index (κ2) is 10.0. The first-order valence-electron chi connectivity index (χ1n) is 10.1. The SMILES string of the molecule is CCCCCNC(=O)c1cccc(C(=O)N2CCN(c3ccccc3F)CC2)n1. The third kappa shape index (κ3) is 5.31. The minimum absolute atomic E-state index is 0.209. The summed E-state index contributed by atoms with van der Waals surface area (Å²) in [6.07, 6.45) is 3.07. The number of carbonyl (C=O) groups is 2. The highest BCUT2D eigenvalue weighted by Crippen LogP contribution is 2.20. The van der Waals surface area contributed by atoms with E-state index < -0.39 is 0 Å². The number of hydrogen-bond acceptors (Lipinski definition) is 4. The Morgan fingerprint density at radius 2 is 1.72 bits per heavy atom. The smallest absolute Gasteiger partial charge is 0.272 e. The second-order valence-electron chi connectivity index (χ2n) is 7.10. The average molecular weight is 398 g/mol. The van der Waals surface area contributed by atoms with E-state index in [1.165, 1.54) is 6.07 Å². The normalized spacial score (nSPS) is 14.0. The lowest BCUT2D eigenvalue weighted by atomic mass is 10.2. The molecule has 7 heteroatoms. The van der Waals surface area contributed by atoms with Gasteiger partial charge in [0.2, 0.25) is 0 Å². The topological polar surface area (TPSA) is 65.5 Å². The van der Waals surface area contributed by atoms with E-state index >= 15 is 0 Å². The van der Waals surface area contributed by atoms with E-state index in [9.17, 15) is 14.0 Å². The number of benzene rings is 1. The van der Waals surface area contributed by atoms with Gasteiger partial charge in [-0.05, 0) is 30.7 Å². The van der Waals surface area contributed by atoms with Gasteiger partial charge in [-0.2, -0.15) is 0 Å². The highest BCUT2D eigenvalue weighted by atomic mass is 19.1. The summed E-state index contributed by atoms with van der Waals surface area (Å²) in [5, 5.41) is 2.84. The first-order valence-corrected chi connectivity index (χ1v) is 10.1. The zero-order valence-electron chi connectivity index (χ0n) is 16.7. The Morgan fingerprint density at radius 3 is 2.45 bits per heavy atom. The Hall–Kier alpha value is -2.96. The molecule has 1 aliphatic heterocycles. The predicted molar refractivity (Wildman–Crippen MR) is 111 cm³/mol. The van der Waals surface area contributed by atoms with Gasteiger partial charge in [-0.25, -0.2) is 9.37 Å². The van der Waals surface area contributed by atoms with Gasteiger partial charge < -0.3 is 15.1 Å². The number of para-hydroxylation sites is 1. The van der Waals surface area contributed by atoms with Gasteiger partial charge in [0.15, 0.2) is 0 Å². The van der Waals surface area contributed by atoms with Crippen LogP contribution in [0.4, 0.5) is 10.1 Å². The van der Waals surface area contributed by atoms with Gasteiger partial charge >= 0.3 is 0 Å². The molecule has 2 aromatic rings. The summed E-state index contributed by atoms with van der Waals surface area (Å²) in [5.41, 5.74) is 1.06. The third-order valence-electron chi connectivity index (χ3n) is 5.03. The van der Waals surface area contributed by atoms with E-state index in [-0.39, 0.29) is 29.0 Å². The molecule has 3 rings (SSSR count). The zero-order chi connectivity index (χ0) is 20.6. The molecule has 0 unspecified atom stereocenters. The summed E-state index contributed by atoms with van der Waals surface area (Å²) < 4.78 is 14.0. The van der Waals surface area contributed by atoms with Crippen molar-refractivity contribution in [2.75, 3.05) is 37.6 Å². The molecule has 1 N–H and O–H groups in total. The number of aromatic nitrogens is 1. The number of anilines is 1. The molecule has 2 heterocycles. The van der Waals surface area contributed by atoms with Crippen molar-refractivity contribution in [3.63, 3.8) is 0 Å². The van der Waals surface area contributed by atoms with E-state index in [1.807, 2.05) is 4.90 Å². The Morgan fingerprint density at radius 1 is 1.00 bits per heavy atom. The quantitative estimate of drug-likeness (QED) is 0.728. The fourth-order valence-corrected chi connectivity index (χ4v) is 3.37. The molecule has 0 atom stereocenters. The van der Waals surface area contributed by atoms with Crippen LogP contribution in [0.5, 0.6) is 0 Å². The highest BCUT2D eigenvalue weighted by molar-refractivity contribution is 5.96. The van der Waals surface area contributed by atoms with E-state index in [1.54, 1.807) is 41.3 Å². The monoisotopic (exact) mass is 398 g/mol. The summed E-state index contributed by atoms with van der Waals surface area (Å²) in [6, 6.07) is 11.6. The van der Waals surface area contributed by atoms with Gasteiger partial charge in [-0.1, -0.05) is 38.0 Å². The van der Waals surface area contributed by atoms with Crippen LogP contribution in [0.1, 0.15) is 47.2 Å². The van der Waals surface area contributed by atoms with Crippen LogP contribution >= 0.6 is 0 Å². The van der Waals surface area contributed by atoms with Crippen LogP contribution in [0.25, 0.3) is 0 Å². The molecule has 0 bridgehead atoms. The number of pyridine rings is 1. The Labute approximate surface area is 170 Å². The fourth-order valence-electron chi connectivity index (χ4n) is 3.37. The Bertz CT molecular complexity index is 850. The molecule has 0 aliphatic carbocycles. The van der Waals surface area contributed by atoms with Crippen molar-refractivity contribution in [2.45, 2.75) is 26.2 Å². The molecule has 0 saturated carbocycles. The van der Waals surface area contributed by atoms with Gasteiger partial charge in [0.25, 0.3) is 11.8 Å². The number of carbonyl (C=O) groups excluding carboxylic acids is 2. The first kappa shape index (κ1) is 20.8. The number of piperazine rings is 1. The van der Waals surface area contributed by atoms with Crippen molar-refractivity contribution < 1.29 is 14.0 Å². The zero-order valence-corrected chi connectivity index (χ0v) is 16.7. The molecule has 29 heavy (non-hydrogen) atoms. The maximum atomic E-state index is 14.0. The van der Waals surface area contributed by atoms with E-state index in [4.69, 9.17) is 0 Å². The number of halogens is 1. The first-order chi connectivity index (χ1) is 14.1. The predicted octanol–water partition coefficient (Wildman–Crippen LogP) is 3.10. The third-order valence-corrected chi connectivity index (χ3v) is 5.03. The Kier molecular flexibility index (Phi) is 7.16. The highest BCUT2D eigenvalue weighted by Gasteiger charge is 2.24. The van der Waals surface area contributed by atoms with Gasteiger partial charge in [-0.3, -0.25) is 9.59 Å². The molecule has 1 aromatic heterocycles. The number of unbranched alkanes of at least 4 members (excludes halogenated alkanes) is 2. The molecular formula is C22H27FN4O2. The fraction of sp³-hybridized carbons (Fsp3) is 0.409. The molecule has 154 valence electrons. The summed E-state index contributed by atoms with van der Waals surface area (Å²) in [4.78, 5) is 33.0. The molecular weight excluding hydrogens is 371 g/mol. The van der Waals surface area contributed by atoms with Crippen LogP contribution < -0.4 is 10.2 Å². The number of rotatable bonds is 7. The summed E-state index contributed by atoms with van der Waals surface area (Å²) >= 11 is 0. The maximum Gasteiger partial charge on any atom is 0.272 e. The van der Waals surface area contributed by atoms with E-state index in [2.05, 4.69) is 17.2 Å². The minimum atomic E-state index is -0.264. The molecule has 2 amide bonds. The van der Waals surface area contributed by atoms with Crippen LogP contribution in [-0.2, 0) is 0 Å². The molecule has 1 aliphatic rings. The van der Waals surface area contributed by atoms with Crippen LogP contribution in [0.15, 0.2) is 42.5 Å². The van der Waals surface area contributed by atoms with E-state index in [0.717, 1.165) is 19.3 Å². The summed E-state index contributed by atoms with van der Waals surface area (Å²) in [7, 11) is 0. The number of nitrogens with one attached hydrogen (secondary N) is 1. The molecule has 6 nitrogen and oxygen atoms in total. The molecule has 0 spiro atoms. The standard InChI is InChI=1S/C22H27FN4O2/c1-2-3-6-12-24-21(28)18-9-7-10-19(25-18)22(29)27-15-13-26(14-16-27)20-11-5-4-8-17(20)23/h4-5,7-11H,2-3,6,12-16H2,1H3,(H,24,28). The molecule has 1 saturated heterocycles. The molecule has 1 aromatic carbocycles.